The number of nitrogens with zero attached hydrogens (tertiary/aromatic N) is 1. The molecule has 0 saturated carbocycles. The summed E-state index contributed by atoms with van der Waals surface area (Å²) in [5, 5.41) is 20.4. The van der Waals surface area contributed by atoms with Gasteiger partial charge >= 0.3 is 0 Å². The van der Waals surface area contributed by atoms with Crippen LogP contribution in [-0.4, -0.2) is 71.2 Å². The van der Waals surface area contributed by atoms with E-state index in [-0.39, 0.29) is 0 Å². The number of likely N-dealkylation sites (N-methyl/N-ethyl adjacent to an activating group) is 1. The number of ether oxygens (including phenoxy) is 3. The Balaban J connectivity index is 1.94. The minimum atomic E-state index is -0.864. The third-order valence-electron chi connectivity index (χ3n) is 3.77. The van der Waals surface area contributed by atoms with Crippen LogP contribution in [0.1, 0.15) is 27.7 Å². The SMILES string of the molecule is CCN(CC)C[C@@H](O)[C@H]1O[C@@H]2OC(C)(C)O[C@@H]2[C@H]1O. The highest BCUT2D eigenvalue weighted by Gasteiger charge is 2.55. The minimum Gasteiger partial charge on any atom is -0.389 e. The third kappa shape index (κ3) is 3.09. The predicted molar refractivity (Wildman–Crippen MR) is 68.5 cm³/mol. The third-order valence-corrected chi connectivity index (χ3v) is 3.77. The van der Waals surface area contributed by atoms with Gasteiger partial charge in [-0.1, -0.05) is 13.8 Å². The van der Waals surface area contributed by atoms with E-state index in [4.69, 9.17) is 14.2 Å². The van der Waals surface area contributed by atoms with E-state index in [0.717, 1.165) is 13.1 Å². The Bertz CT molecular complexity index is 307. The van der Waals surface area contributed by atoms with Crippen molar-refractivity contribution in [2.45, 2.75) is 64.2 Å². The molecule has 0 aromatic carbocycles. The Morgan fingerprint density at radius 3 is 2.37 bits per heavy atom. The van der Waals surface area contributed by atoms with Crippen molar-refractivity contribution < 1.29 is 24.4 Å². The smallest absolute Gasteiger partial charge is 0.190 e. The average molecular weight is 275 g/mol. The number of fused-ring (bicyclic) bond motifs is 1. The normalized spacial score (nSPS) is 38.7. The van der Waals surface area contributed by atoms with E-state index in [1.54, 1.807) is 13.8 Å². The molecule has 0 spiro atoms. The molecule has 0 aromatic heterocycles. The zero-order valence-corrected chi connectivity index (χ0v) is 12.1. The number of hydrogen-bond donors (Lipinski definition) is 2. The Hall–Kier alpha value is -0.240. The quantitative estimate of drug-likeness (QED) is 0.732. The lowest BCUT2D eigenvalue weighted by Crippen LogP contribution is -2.46. The predicted octanol–water partition coefficient (Wildman–Crippen LogP) is -0.0736. The van der Waals surface area contributed by atoms with Crippen LogP contribution >= 0.6 is 0 Å². The summed E-state index contributed by atoms with van der Waals surface area (Å²) in [4.78, 5) is 2.08. The topological polar surface area (TPSA) is 71.4 Å². The summed E-state index contributed by atoms with van der Waals surface area (Å²) in [7, 11) is 0. The lowest BCUT2D eigenvalue weighted by Gasteiger charge is -2.29. The molecule has 0 aromatic rings. The molecule has 2 N–H and O–H groups in total. The van der Waals surface area contributed by atoms with Crippen LogP contribution < -0.4 is 0 Å². The standard InChI is InChI=1S/C13H25NO5/c1-5-14(6-2)7-8(15)10-9(16)11-12(17-10)19-13(3,4)18-11/h8-12,15-16H,5-7H2,1-4H3/t8-,9+,10-,11-,12-/m1/s1. The minimum absolute atomic E-state index is 0.470. The summed E-state index contributed by atoms with van der Waals surface area (Å²) in [6, 6.07) is 0. The van der Waals surface area contributed by atoms with Crippen molar-refractivity contribution in [2.24, 2.45) is 0 Å². The van der Waals surface area contributed by atoms with E-state index < -0.39 is 36.5 Å². The molecular weight excluding hydrogens is 250 g/mol. The Morgan fingerprint density at radius 1 is 1.21 bits per heavy atom. The van der Waals surface area contributed by atoms with Crippen LogP contribution in [0.4, 0.5) is 0 Å². The van der Waals surface area contributed by atoms with Crippen LogP contribution in [0.5, 0.6) is 0 Å². The van der Waals surface area contributed by atoms with Gasteiger partial charge in [-0.25, -0.2) is 0 Å². The van der Waals surface area contributed by atoms with E-state index in [9.17, 15) is 10.2 Å². The fraction of sp³-hybridized carbons (Fsp3) is 1.00. The largest absolute Gasteiger partial charge is 0.389 e. The second kappa shape index (κ2) is 5.63. The van der Waals surface area contributed by atoms with Crippen LogP contribution in [-0.2, 0) is 14.2 Å². The maximum Gasteiger partial charge on any atom is 0.190 e. The zero-order valence-electron chi connectivity index (χ0n) is 12.1. The lowest BCUT2D eigenvalue weighted by molar-refractivity contribution is -0.226. The van der Waals surface area contributed by atoms with Crippen molar-refractivity contribution in [3.05, 3.63) is 0 Å². The first-order chi connectivity index (χ1) is 8.88. The average Bonchev–Trinajstić information content (AvgIpc) is 2.80. The van der Waals surface area contributed by atoms with Crippen LogP contribution in [0.25, 0.3) is 0 Å². The number of aliphatic hydroxyl groups excluding tert-OH is 2. The van der Waals surface area contributed by atoms with Gasteiger partial charge in [0.1, 0.15) is 18.3 Å². The van der Waals surface area contributed by atoms with Crippen LogP contribution in [0, 0.1) is 0 Å². The Morgan fingerprint density at radius 2 is 1.84 bits per heavy atom. The van der Waals surface area contributed by atoms with Crippen molar-refractivity contribution >= 4 is 0 Å². The monoisotopic (exact) mass is 275 g/mol. The molecule has 2 aliphatic rings. The summed E-state index contributed by atoms with van der Waals surface area (Å²) in [5.74, 6) is -0.745. The Labute approximate surface area is 114 Å². The fourth-order valence-corrected chi connectivity index (χ4v) is 2.68. The van der Waals surface area contributed by atoms with Crippen molar-refractivity contribution in [3.8, 4) is 0 Å². The molecule has 0 bridgehead atoms. The summed E-state index contributed by atoms with van der Waals surface area (Å²) < 4.78 is 16.8. The molecule has 112 valence electrons. The van der Waals surface area contributed by atoms with Gasteiger partial charge in [0.2, 0.25) is 0 Å². The first-order valence-corrected chi connectivity index (χ1v) is 6.97. The molecule has 0 aliphatic carbocycles. The molecule has 6 heteroatoms. The fourth-order valence-electron chi connectivity index (χ4n) is 2.68. The second-order valence-electron chi connectivity index (χ2n) is 5.61. The van der Waals surface area contributed by atoms with Crippen molar-refractivity contribution in [3.63, 3.8) is 0 Å². The molecule has 2 fully saturated rings. The van der Waals surface area contributed by atoms with Gasteiger partial charge in [-0.05, 0) is 26.9 Å². The summed E-state index contributed by atoms with van der Waals surface area (Å²) in [6.07, 6.45) is -3.40. The first kappa shape index (κ1) is 15.2. The van der Waals surface area contributed by atoms with Gasteiger partial charge in [-0.15, -0.1) is 0 Å². The summed E-state index contributed by atoms with van der Waals surface area (Å²) in [5.41, 5.74) is 0. The number of aliphatic hydroxyl groups is 2. The van der Waals surface area contributed by atoms with Gasteiger partial charge in [0, 0.05) is 6.54 Å². The highest BCUT2D eigenvalue weighted by atomic mass is 16.8. The second-order valence-corrected chi connectivity index (χ2v) is 5.61. The summed E-state index contributed by atoms with van der Waals surface area (Å²) >= 11 is 0. The van der Waals surface area contributed by atoms with Crippen molar-refractivity contribution in [1.82, 2.24) is 4.90 Å². The van der Waals surface area contributed by atoms with Crippen molar-refractivity contribution in [2.75, 3.05) is 19.6 Å². The van der Waals surface area contributed by atoms with Crippen molar-refractivity contribution in [1.29, 1.82) is 0 Å². The summed E-state index contributed by atoms with van der Waals surface area (Å²) in [6.45, 7) is 9.80. The van der Waals surface area contributed by atoms with Gasteiger partial charge < -0.3 is 29.3 Å². The van der Waals surface area contributed by atoms with Crippen LogP contribution in [0.3, 0.4) is 0 Å². The van der Waals surface area contributed by atoms with E-state index in [1.807, 2.05) is 13.8 Å². The molecule has 5 atom stereocenters. The lowest BCUT2D eigenvalue weighted by atomic mass is 10.1. The van der Waals surface area contributed by atoms with Crippen LogP contribution in [0.15, 0.2) is 0 Å². The molecule has 19 heavy (non-hydrogen) atoms. The molecule has 0 amide bonds. The van der Waals surface area contributed by atoms with Gasteiger partial charge in [0.05, 0.1) is 6.10 Å². The molecular formula is C13H25NO5. The molecule has 2 saturated heterocycles. The van der Waals surface area contributed by atoms with Gasteiger partial charge in [-0.2, -0.15) is 0 Å². The highest BCUT2D eigenvalue weighted by molar-refractivity contribution is 4.96. The van der Waals surface area contributed by atoms with Gasteiger partial charge in [0.25, 0.3) is 0 Å². The van der Waals surface area contributed by atoms with E-state index in [1.165, 1.54) is 0 Å². The Kier molecular flexibility index (Phi) is 4.49. The molecule has 2 rings (SSSR count). The maximum absolute atomic E-state index is 10.2. The maximum atomic E-state index is 10.2. The van der Waals surface area contributed by atoms with E-state index in [2.05, 4.69) is 4.90 Å². The van der Waals surface area contributed by atoms with Gasteiger partial charge in [0.15, 0.2) is 12.1 Å². The molecule has 0 unspecified atom stereocenters. The first-order valence-electron chi connectivity index (χ1n) is 6.97. The molecule has 2 heterocycles. The van der Waals surface area contributed by atoms with Gasteiger partial charge in [-0.3, -0.25) is 0 Å². The number of rotatable bonds is 5. The van der Waals surface area contributed by atoms with E-state index in [0.29, 0.717) is 6.54 Å². The highest BCUT2D eigenvalue weighted by Crippen LogP contribution is 2.38. The van der Waals surface area contributed by atoms with E-state index >= 15 is 0 Å². The molecule has 6 nitrogen and oxygen atoms in total. The van der Waals surface area contributed by atoms with Crippen LogP contribution in [0.2, 0.25) is 0 Å². The molecule has 0 radical (unpaired) electrons. The zero-order chi connectivity index (χ0) is 14.2. The number of hydrogen-bond acceptors (Lipinski definition) is 6. The molecule has 2 aliphatic heterocycles.